The minimum Gasteiger partial charge on any atom is -0.473 e. The number of allylic oxidation sites excluding steroid dienone is 1. The van der Waals surface area contributed by atoms with E-state index in [-0.39, 0.29) is 17.6 Å². The second-order valence-corrected chi connectivity index (χ2v) is 11.4. The quantitative estimate of drug-likeness (QED) is 0.677. The summed E-state index contributed by atoms with van der Waals surface area (Å²) < 4.78 is 5.71. The summed E-state index contributed by atoms with van der Waals surface area (Å²) in [5.74, 6) is 1.41. The Balaban J connectivity index is 1.19. The maximum atomic E-state index is 13.6. The molecule has 4 unspecified atom stereocenters. The molecular weight excluding hydrogens is 440 g/mol. The summed E-state index contributed by atoms with van der Waals surface area (Å²) >= 11 is 0. The number of fused-ring (bicyclic) bond motifs is 3. The minimum atomic E-state index is -0.159. The second-order valence-electron chi connectivity index (χ2n) is 11.4. The Morgan fingerprint density at radius 3 is 2.71 bits per heavy atom. The Hall–Kier alpha value is -2.54. The maximum Gasteiger partial charge on any atom is 0.273 e. The molecule has 1 aliphatic carbocycles. The highest BCUT2D eigenvalue weighted by molar-refractivity contribution is 5.94. The van der Waals surface area contributed by atoms with Crippen molar-refractivity contribution in [3.05, 3.63) is 46.8 Å². The van der Waals surface area contributed by atoms with Crippen molar-refractivity contribution in [1.82, 2.24) is 20.0 Å². The van der Waals surface area contributed by atoms with Gasteiger partial charge in [-0.2, -0.15) is 0 Å². The van der Waals surface area contributed by atoms with Crippen LogP contribution in [0.2, 0.25) is 0 Å². The van der Waals surface area contributed by atoms with E-state index in [0.717, 1.165) is 58.3 Å². The van der Waals surface area contributed by atoms with Gasteiger partial charge in [0, 0.05) is 37.1 Å². The van der Waals surface area contributed by atoms with Crippen molar-refractivity contribution in [2.24, 2.45) is 5.92 Å². The van der Waals surface area contributed by atoms with Crippen molar-refractivity contribution < 1.29 is 14.3 Å². The minimum absolute atomic E-state index is 0.000736. The van der Waals surface area contributed by atoms with Crippen LogP contribution >= 0.6 is 0 Å². The number of ether oxygens (including phenoxy) is 1. The zero-order valence-electron chi connectivity index (χ0n) is 21.0. The van der Waals surface area contributed by atoms with Gasteiger partial charge in [0.15, 0.2) is 6.23 Å². The van der Waals surface area contributed by atoms with E-state index < -0.39 is 0 Å². The van der Waals surface area contributed by atoms with Crippen LogP contribution in [0.25, 0.3) is 0 Å². The molecule has 1 aromatic carbocycles. The summed E-state index contributed by atoms with van der Waals surface area (Å²) in [5, 5.41) is 3.22. The Labute approximate surface area is 208 Å². The first kappa shape index (κ1) is 22.9. The van der Waals surface area contributed by atoms with Crippen molar-refractivity contribution in [1.29, 1.82) is 0 Å². The summed E-state index contributed by atoms with van der Waals surface area (Å²) in [6, 6.07) is 9.75. The molecule has 35 heavy (non-hydrogen) atoms. The molecule has 4 aliphatic heterocycles. The predicted octanol–water partition coefficient (Wildman–Crippen LogP) is 2.96. The lowest BCUT2D eigenvalue weighted by atomic mass is 9.68. The van der Waals surface area contributed by atoms with Gasteiger partial charge in [-0.05, 0) is 82.5 Å². The smallest absolute Gasteiger partial charge is 0.273 e. The number of nitrogens with one attached hydrogen (secondary N) is 1. The standard InChI is InChI=1S/C28H38N4O3/c1-19-26(29-20(2)35-19)27(34)32-16-22-6-3-4-8-24(22)28(17-32)9-12-30(13-10-28)23-14-21-7-5-11-31(18-33)25(21)15-23/h3-4,6,8,18,20-21,23,25,29H,5,7,9-17H2,1-2H3. The molecule has 5 aliphatic rings. The van der Waals surface area contributed by atoms with E-state index >= 15 is 0 Å². The number of hydrogen-bond acceptors (Lipinski definition) is 5. The summed E-state index contributed by atoms with van der Waals surface area (Å²) in [5.41, 5.74) is 3.32. The van der Waals surface area contributed by atoms with Gasteiger partial charge in [-0.1, -0.05) is 24.3 Å². The summed E-state index contributed by atoms with van der Waals surface area (Å²) in [7, 11) is 0. The molecule has 0 bridgehead atoms. The van der Waals surface area contributed by atoms with Crippen molar-refractivity contribution in [2.75, 3.05) is 26.2 Å². The lowest BCUT2D eigenvalue weighted by Gasteiger charge is -2.49. The van der Waals surface area contributed by atoms with E-state index in [0.29, 0.717) is 36.0 Å². The molecule has 2 amide bonds. The van der Waals surface area contributed by atoms with Crippen LogP contribution in [0, 0.1) is 5.92 Å². The third-order valence-corrected chi connectivity index (χ3v) is 9.45. The molecule has 1 saturated carbocycles. The first-order chi connectivity index (χ1) is 17.0. The van der Waals surface area contributed by atoms with Gasteiger partial charge in [-0.3, -0.25) is 9.59 Å². The van der Waals surface area contributed by atoms with Gasteiger partial charge in [0.1, 0.15) is 11.5 Å². The Morgan fingerprint density at radius 1 is 1.17 bits per heavy atom. The van der Waals surface area contributed by atoms with Gasteiger partial charge >= 0.3 is 0 Å². The van der Waals surface area contributed by atoms with Gasteiger partial charge in [-0.25, -0.2) is 0 Å². The number of carbonyl (C=O) groups is 2. The molecule has 1 N–H and O–H groups in total. The van der Waals surface area contributed by atoms with Crippen LogP contribution in [-0.2, 0) is 26.3 Å². The highest BCUT2D eigenvalue weighted by Gasteiger charge is 2.47. The Kier molecular flexibility index (Phi) is 5.78. The number of carbonyl (C=O) groups excluding carboxylic acids is 2. The van der Waals surface area contributed by atoms with Crippen LogP contribution in [-0.4, -0.2) is 71.5 Å². The number of likely N-dealkylation sites (tertiary alicyclic amines) is 2. The Bertz CT molecular complexity index is 1030. The fourth-order valence-electron chi connectivity index (χ4n) is 7.73. The normalized spacial score (nSPS) is 32.2. The van der Waals surface area contributed by atoms with Gasteiger partial charge < -0.3 is 24.8 Å². The highest BCUT2D eigenvalue weighted by Crippen LogP contribution is 2.45. The molecule has 0 aromatic heterocycles. The van der Waals surface area contributed by atoms with Crippen LogP contribution in [0.1, 0.15) is 63.5 Å². The van der Waals surface area contributed by atoms with Gasteiger partial charge in [0.05, 0.1) is 0 Å². The number of hydrogen-bond donors (Lipinski definition) is 1. The van der Waals surface area contributed by atoms with E-state index in [1.165, 1.54) is 24.0 Å². The zero-order valence-corrected chi connectivity index (χ0v) is 21.0. The number of benzene rings is 1. The van der Waals surface area contributed by atoms with E-state index in [2.05, 4.69) is 39.4 Å². The number of piperidine rings is 2. The van der Waals surface area contributed by atoms with Crippen molar-refractivity contribution in [2.45, 2.75) is 82.6 Å². The first-order valence-electron chi connectivity index (χ1n) is 13.4. The van der Waals surface area contributed by atoms with Gasteiger partial charge in [0.2, 0.25) is 6.41 Å². The molecule has 7 heteroatoms. The summed E-state index contributed by atoms with van der Waals surface area (Å²) in [6.07, 6.45) is 7.80. The molecule has 188 valence electrons. The van der Waals surface area contributed by atoms with Crippen molar-refractivity contribution in [3.63, 3.8) is 0 Å². The SMILES string of the molecule is CC1=C(C(=O)N2Cc3ccccc3C3(CCN(C4CC5CCCN(C=O)C5C4)CC3)C2)NC(C)O1. The van der Waals surface area contributed by atoms with Gasteiger partial charge in [-0.15, -0.1) is 0 Å². The third kappa shape index (κ3) is 3.92. The van der Waals surface area contributed by atoms with Crippen molar-refractivity contribution >= 4 is 12.3 Å². The fourth-order valence-corrected chi connectivity index (χ4v) is 7.73. The van der Waals surface area contributed by atoms with E-state index in [4.69, 9.17) is 4.74 Å². The van der Waals surface area contributed by atoms with Crippen LogP contribution in [0.15, 0.2) is 35.7 Å². The van der Waals surface area contributed by atoms with Crippen LogP contribution in [0.3, 0.4) is 0 Å². The maximum absolute atomic E-state index is 13.6. The predicted molar refractivity (Wildman–Crippen MR) is 133 cm³/mol. The topological polar surface area (TPSA) is 65.1 Å². The van der Waals surface area contributed by atoms with Crippen LogP contribution < -0.4 is 5.32 Å². The van der Waals surface area contributed by atoms with E-state index in [9.17, 15) is 9.59 Å². The molecule has 1 aromatic rings. The number of nitrogens with zero attached hydrogens (tertiary/aromatic N) is 3. The van der Waals surface area contributed by atoms with Crippen LogP contribution in [0.4, 0.5) is 0 Å². The second kappa shape index (κ2) is 8.84. The molecule has 6 rings (SSSR count). The lowest BCUT2D eigenvalue weighted by molar-refractivity contribution is -0.130. The highest BCUT2D eigenvalue weighted by atomic mass is 16.5. The molecule has 3 fully saturated rings. The molecule has 1 spiro atoms. The van der Waals surface area contributed by atoms with E-state index in [1.54, 1.807) is 0 Å². The Morgan fingerprint density at radius 2 is 1.97 bits per heavy atom. The van der Waals surface area contributed by atoms with Crippen molar-refractivity contribution in [3.8, 4) is 0 Å². The van der Waals surface area contributed by atoms with E-state index in [1.807, 2.05) is 18.7 Å². The molecular formula is C28H38N4O3. The van der Waals surface area contributed by atoms with Gasteiger partial charge in [0.25, 0.3) is 5.91 Å². The number of rotatable bonds is 3. The summed E-state index contributed by atoms with van der Waals surface area (Å²) in [4.78, 5) is 31.9. The first-order valence-corrected chi connectivity index (χ1v) is 13.4. The zero-order chi connectivity index (χ0) is 24.2. The molecule has 4 atom stereocenters. The third-order valence-electron chi connectivity index (χ3n) is 9.45. The fraction of sp³-hybridized carbons (Fsp3) is 0.643. The summed E-state index contributed by atoms with van der Waals surface area (Å²) in [6.45, 7) is 8.26. The monoisotopic (exact) mass is 478 g/mol. The molecule has 7 nitrogen and oxygen atoms in total. The average molecular weight is 479 g/mol. The molecule has 4 heterocycles. The lowest BCUT2D eigenvalue weighted by Crippen LogP contribution is -2.55. The largest absolute Gasteiger partial charge is 0.473 e. The molecule has 2 saturated heterocycles. The molecule has 0 radical (unpaired) electrons. The van der Waals surface area contributed by atoms with Crippen LogP contribution in [0.5, 0.6) is 0 Å². The number of amides is 2. The average Bonchev–Trinajstić information content (AvgIpc) is 3.46.